The van der Waals surface area contributed by atoms with Crippen molar-refractivity contribution in [3.05, 3.63) is 76.4 Å². The summed E-state index contributed by atoms with van der Waals surface area (Å²) in [6, 6.07) is 13.9. The quantitative estimate of drug-likeness (QED) is 0.610. The Morgan fingerprint density at radius 3 is 2.63 bits per heavy atom. The van der Waals surface area contributed by atoms with Crippen LogP contribution in [-0.2, 0) is 16.8 Å². The molecule has 1 aromatic carbocycles. The summed E-state index contributed by atoms with van der Waals surface area (Å²) >= 11 is 7.72. The molecule has 1 N–H and O–H groups in total. The molecule has 0 atom stereocenters. The van der Waals surface area contributed by atoms with Crippen LogP contribution in [0.25, 0.3) is 10.4 Å². The lowest BCUT2D eigenvalue weighted by Crippen LogP contribution is -2.42. The Morgan fingerprint density at radius 2 is 1.93 bits per heavy atom. The Bertz CT molecular complexity index is 916. The molecule has 0 radical (unpaired) electrons. The number of thiophene rings is 1. The van der Waals surface area contributed by atoms with Gasteiger partial charge in [0.1, 0.15) is 0 Å². The number of halogens is 1. The van der Waals surface area contributed by atoms with Gasteiger partial charge in [0.05, 0.1) is 5.41 Å². The Kier molecular flexibility index (Phi) is 5.28. The molecule has 0 unspecified atom stereocenters. The zero-order chi connectivity index (χ0) is 18.7. The lowest BCUT2D eigenvalue weighted by molar-refractivity contribution is -0.126. The fourth-order valence-electron chi connectivity index (χ4n) is 3.91. The largest absolute Gasteiger partial charge is 0.351 e. The van der Waals surface area contributed by atoms with Crippen LogP contribution in [0, 0.1) is 0 Å². The molecule has 0 spiro atoms. The normalized spacial score (nSPS) is 15.6. The first kappa shape index (κ1) is 18.2. The minimum Gasteiger partial charge on any atom is -0.351 e. The van der Waals surface area contributed by atoms with Gasteiger partial charge in [0.2, 0.25) is 5.91 Å². The average molecular weight is 397 g/mol. The van der Waals surface area contributed by atoms with Crippen molar-refractivity contribution in [2.45, 2.75) is 37.6 Å². The number of amides is 1. The van der Waals surface area contributed by atoms with Gasteiger partial charge in [-0.2, -0.15) is 0 Å². The van der Waals surface area contributed by atoms with E-state index in [-0.39, 0.29) is 5.91 Å². The van der Waals surface area contributed by atoms with E-state index in [1.54, 1.807) is 11.3 Å². The minimum absolute atomic E-state index is 0.101. The zero-order valence-corrected chi connectivity index (χ0v) is 16.5. The van der Waals surface area contributed by atoms with E-state index in [0.717, 1.165) is 42.4 Å². The van der Waals surface area contributed by atoms with E-state index in [1.165, 1.54) is 4.88 Å². The minimum atomic E-state index is -0.441. The van der Waals surface area contributed by atoms with Crippen molar-refractivity contribution in [3.8, 4) is 10.4 Å². The summed E-state index contributed by atoms with van der Waals surface area (Å²) in [4.78, 5) is 18.7. The molecule has 2 heterocycles. The van der Waals surface area contributed by atoms with E-state index in [1.807, 2.05) is 42.7 Å². The van der Waals surface area contributed by atoms with Crippen molar-refractivity contribution in [1.29, 1.82) is 0 Å². The predicted molar refractivity (Wildman–Crippen MR) is 111 cm³/mol. The standard InChI is InChI=1S/C22H21ClN2OS/c23-19-7-5-18(6-8-19)22(9-1-2-10-22)21(26)25-14-16-12-17(15-24-13-16)20-4-3-11-27-20/h3-8,11-13,15H,1-2,9-10,14H2,(H,25,26). The molecule has 27 heavy (non-hydrogen) atoms. The van der Waals surface area contributed by atoms with Crippen molar-refractivity contribution in [2.24, 2.45) is 0 Å². The molecule has 0 saturated heterocycles. The number of nitrogens with one attached hydrogen (secondary N) is 1. The Labute approximate surface area is 168 Å². The maximum Gasteiger partial charge on any atom is 0.230 e. The van der Waals surface area contributed by atoms with Crippen molar-refractivity contribution >= 4 is 28.8 Å². The third-order valence-corrected chi connectivity index (χ3v) is 6.51. The highest BCUT2D eigenvalue weighted by Crippen LogP contribution is 2.41. The van der Waals surface area contributed by atoms with Crippen LogP contribution >= 0.6 is 22.9 Å². The van der Waals surface area contributed by atoms with Crippen molar-refractivity contribution < 1.29 is 4.79 Å². The Morgan fingerprint density at radius 1 is 1.15 bits per heavy atom. The van der Waals surface area contributed by atoms with Crippen molar-refractivity contribution in [2.75, 3.05) is 0 Å². The molecule has 5 heteroatoms. The molecule has 1 aliphatic carbocycles. The molecule has 0 aliphatic heterocycles. The van der Waals surface area contributed by atoms with Crippen LogP contribution in [-0.4, -0.2) is 10.9 Å². The first-order valence-corrected chi connectivity index (χ1v) is 10.5. The van der Waals surface area contributed by atoms with Crippen LogP contribution in [0.3, 0.4) is 0 Å². The third-order valence-electron chi connectivity index (χ3n) is 5.34. The second kappa shape index (κ2) is 7.83. The lowest BCUT2D eigenvalue weighted by atomic mass is 9.78. The van der Waals surface area contributed by atoms with Crippen LogP contribution in [0.1, 0.15) is 36.8 Å². The summed E-state index contributed by atoms with van der Waals surface area (Å²) < 4.78 is 0. The van der Waals surface area contributed by atoms with Crippen LogP contribution in [0.2, 0.25) is 5.02 Å². The number of hydrogen-bond acceptors (Lipinski definition) is 3. The van der Waals surface area contributed by atoms with E-state index in [4.69, 9.17) is 11.6 Å². The third kappa shape index (κ3) is 3.78. The molecule has 138 valence electrons. The summed E-state index contributed by atoms with van der Waals surface area (Å²) in [7, 11) is 0. The predicted octanol–water partition coefficient (Wildman–Crippen LogP) is 5.59. The van der Waals surface area contributed by atoms with Gasteiger partial charge in [-0.25, -0.2) is 0 Å². The number of pyridine rings is 1. The monoisotopic (exact) mass is 396 g/mol. The number of carbonyl (C=O) groups excluding carboxylic acids is 1. The van der Waals surface area contributed by atoms with Crippen LogP contribution in [0.5, 0.6) is 0 Å². The number of nitrogens with zero attached hydrogens (tertiary/aromatic N) is 1. The van der Waals surface area contributed by atoms with E-state index in [9.17, 15) is 4.79 Å². The number of rotatable bonds is 5. The highest BCUT2D eigenvalue weighted by atomic mass is 35.5. The number of carbonyl (C=O) groups is 1. The molecular formula is C22H21ClN2OS. The van der Waals surface area contributed by atoms with E-state index >= 15 is 0 Å². The molecule has 3 nitrogen and oxygen atoms in total. The highest BCUT2D eigenvalue weighted by Gasteiger charge is 2.42. The first-order chi connectivity index (χ1) is 13.2. The van der Waals surface area contributed by atoms with Gasteiger partial charge in [0, 0.05) is 34.4 Å². The van der Waals surface area contributed by atoms with E-state index in [2.05, 4.69) is 27.8 Å². The van der Waals surface area contributed by atoms with Crippen molar-refractivity contribution in [3.63, 3.8) is 0 Å². The SMILES string of the molecule is O=C(NCc1cncc(-c2cccs2)c1)C1(c2ccc(Cl)cc2)CCCC1. The summed E-state index contributed by atoms with van der Waals surface area (Å²) in [5, 5.41) is 5.91. The summed E-state index contributed by atoms with van der Waals surface area (Å²) in [5.41, 5.74) is 2.72. The maximum atomic E-state index is 13.2. The Balaban J connectivity index is 1.51. The van der Waals surface area contributed by atoms with Gasteiger partial charge in [0.25, 0.3) is 0 Å². The molecule has 3 aromatic rings. The van der Waals surface area contributed by atoms with Crippen LogP contribution in [0.4, 0.5) is 0 Å². The van der Waals surface area contributed by atoms with Gasteiger partial charge in [-0.3, -0.25) is 9.78 Å². The second-order valence-corrected chi connectivity index (χ2v) is 8.42. The fraction of sp³-hybridized carbons (Fsp3) is 0.273. The second-order valence-electron chi connectivity index (χ2n) is 7.04. The smallest absolute Gasteiger partial charge is 0.230 e. The molecule has 1 aliphatic rings. The molecule has 0 bridgehead atoms. The summed E-state index contributed by atoms with van der Waals surface area (Å²) in [5.74, 6) is 0.101. The average Bonchev–Trinajstić information content (AvgIpc) is 3.39. The van der Waals surface area contributed by atoms with E-state index in [0.29, 0.717) is 11.6 Å². The zero-order valence-electron chi connectivity index (χ0n) is 15.0. The van der Waals surface area contributed by atoms with Crippen LogP contribution in [0.15, 0.2) is 60.2 Å². The molecule has 1 saturated carbocycles. The van der Waals surface area contributed by atoms with Gasteiger partial charge in [-0.15, -0.1) is 11.3 Å². The molecule has 1 amide bonds. The fourth-order valence-corrected chi connectivity index (χ4v) is 4.74. The summed E-state index contributed by atoms with van der Waals surface area (Å²) in [6.45, 7) is 0.486. The van der Waals surface area contributed by atoms with Gasteiger partial charge in [-0.05, 0) is 53.6 Å². The molecular weight excluding hydrogens is 376 g/mol. The number of benzene rings is 1. The first-order valence-electron chi connectivity index (χ1n) is 9.19. The van der Waals surface area contributed by atoms with Gasteiger partial charge in [0.15, 0.2) is 0 Å². The Hall–Kier alpha value is -2.17. The molecule has 2 aromatic heterocycles. The highest BCUT2D eigenvalue weighted by molar-refractivity contribution is 7.13. The van der Waals surface area contributed by atoms with Gasteiger partial charge in [-0.1, -0.05) is 42.6 Å². The summed E-state index contributed by atoms with van der Waals surface area (Å²) in [6.07, 6.45) is 7.60. The van der Waals surface area contributed by atoms with Gasteiger partial charge < -0.3 is 5.32 Å². The molecule has 1 fully saturated rings. The topological polar surface area (TPSA) is 42.0 Å². The van der Waals surface area contributed by atoms with Crippen molar-refractivity contribution in [1.82, 2.24) is 10.3 Å². The lowest BCUT2D eigenvalue weighted by Gasteiger charge is -2.28. The van der Waals surface area contributed by atoms with Gasteiger partial charge >= 0.3 is 0 Å². The van der Waals surface area contributed by atoms with E-state index < -0.39 is 5.41 Å². The number of hydrogen-bond donors (Lipinski definition) is 1. The maximum absolute atomic E-state index is 13.2. The van der Waals surface area contributed by atoms with Crippen LogP contribution < -0.4 is 5.32 Å². The number of aromatic nitrogens is 1. The molecule has 4 rings (SSSR count).